The third-order valence-electron chi connectivity index (χ3n) is 6.49. The monoisotopic (exact) mass is 634 g/mol. The molecule has 4 aromatic rings. The second kappa shape index (κ2) is 13.6. The molecule has 4 rings (SSSR count). The zero-order chi connectivity index (χ0) is 31.1. The Morgan fingerprint density at radius 1 is 0.372 bits per heavy atom. The van der Waals surface area contributed by atoms with E-state index < -0.39 is 33.8 Å². The summed E-state index contributed by atoms with van der Waals surface area (Å²) >= 11 is 0. The molecule has 0 aromatic heterocycles. The Bertz CT molecular complexity index is 1500. The van der Waals surface area contributed by atoms with E-state index in [1.54, 1.807) is 0 Å². The van der Waals surface area contributed by atoms with Gasteiger partial charge in [0.1, 0.15) is 0 Å². The molecule has 0 fully saturated rings. The summed E-state index contributed by atoms with van der Waals surface area (Å²) in [6, 6.07) is 37.6. The van der Waals surface area contributed by atoms with Crippen LogP contribution in [-0.2, 0) is 12.3 Å². The number of benzene rings is 4. The summed E-state index contributed by atoms with van der Waals surface area (Å²) in [6.07, 6.45) is 0. The molecule has 7 heteroatoms. The Hall–Kier alpha value is -3.25. The van der Waals surface area contributed by atoms with Crippen molar-refractivity contribution in [2.24, 2.45) is 0 Å². The lowest BCUT2D eigenvalue weighted by Gasteiger charge is -2.38. The van der Waals surface area contributed by atoms with E-state index in [1.165, 1.54) is 22.3 Å². The van der Waals surface area contributed by atoms with Gasteiger partial charge in [-0.2, -0.15) is 0 Å². The third kappa shape index (κ3) is 10.5. The minimum Gasteiger partial charge on any atom is -0.427 e. The molecule has 43 heavy (non-hydrogen) atoms. The molecule has 220 valence electrons. The largest absolute Gasteiger partial charge is 0.427 e. The summed E-state index contributed by atoms with van der Waals surface area (Å²) in [4.78, 5) is 0. The molecule has 0 radical (unpaired) electrons. The first-order valence-corrected chi connectivity index (χ1v) is 26.1. The molecule has 0 saturated heterocycles. The van der Waals surface area contributed by atoms with Gasteiger partial charge in [-0.15, -0.1) is 0 Å². The van der Waals surface area contributed by atoms with Crippen LogP contribution in [0.2, 0.25) is 52.4 Å². The second-order valence-corrected chi connectivity index (χ2v) is 27.1. The normalized spacial score (nSPS) is 12.1. The Kier molecular flexibility index (Phi) is 10.3. The van der Waals surface area contributed by atoms with E-state index in [9.17, 15) is 0 Å². The molecule has 0 atom stereocenters. The van der Waals surface area contributed by atoms with Gasteiger partial charge in [-0.25, -0.2) is 0 Å². The fourth-order valence-corrected chi connectivity index (χ4v) is 22.1. The van der Waals surface area contributed by atoms with Crippen LogP contribution in [0.4, 0.5) is 0 Å². The molecule has 0 unspecified atom stereocenters. The summed E-state index contributed by atoms with van der Waals surface area (Å²) in [5, 5.41) is 0. The summed E-state index contributed by atoms with van der Waals surface area (Å²) in [6.45, 7) is 17.0. The lowest BCUT2D eigenvalue weighted by atomic mass is 10.0. The minimum atomic E-state index is -2.52. The van der Waals surface area contributed by atoms with Crippen molar-refractivity contribution < 1.29 is 12.3 Å². The molecular formula is C36H42O3Si4. The first kappa shape index (κ1) is 32.7. The van der Waals surface area contributed by atoms with Gasteiger partial charge in [0, 0.05) is 11.1 Å². The van der Waals surface area contributed by atoms with Crippen LogP contribution in [0.5, 0.6) is 0 Å². The fourth-order valence-electron chi connectivity index (χ4n) is 5.11. The standard InChI is InChI=1S/C36H42O3Si4/c1-40(2,29-27-31-19-23-35(24-20-31)33-15-11-9-12-16-33)37-42(5,6)39-43(7,8)38-41(3,4)30-28-32-21-25-36(26-22-32)34-17-13-10-14-18-34/h9-26H,1-8H3. The lowest BCUT2D eigenvalue weighted by Crippen LogP contribution is -2.56. The van der Waals surface area contributed by atoms with E-state index in [0.29, 0.717) is 0 Å². The first-order chi connectivity index (χ1) is 20.2. The van der Waals surface area contributed by atoms with Crippen LogP contribution in [0.25, 0.3) is 22.3 Å². The van der Waals surface area contributed by atoms with Crippen LogP contribution in [-0.4, -0.2) is 33.8 Å². The molecule has 3 nitrogen and oxygen atoms in total. The average Bonchev–Trinajstić information content (AvgIpc) is 2.95. The Morgan fingerprint density at radius 2 is 0.674 bits per heavy atom. The number of hydrogen-bond acceptors (Lipinski definition) is 3. The maximum atomic E-state index is 6.70. The predicted molar refractivity (Wildman–Crippen MR) is 191 cm³/mol. The van der Waals surface area contributed by atoms with Crippen LogP contribution < -0.4 is 0 Å². The highest BCUT2D eigenvalue weighted by Gasteiger charge is 2.43. The molecule has 0 aliphatic carbocycles. The van der Waals surface area contributed by atoms with Gasteiger partial charge in [0.2, 0.25) is 0 Å². The molecule has 0 amide bonds. The van der Waals surface area contributed by atoms with E-state index in [2.05, 4.69) is 172 Å². The van der Waals surface area contributed by atoms with Gasteiger partial charge in [-0.3, -0.25) is 0 Å². The molecule has 0 spiro atoms. The van der Waals surface area contributed by atoms with Crippen molar-refractivity contribution in [1.82, 2.24) is 0 Å². The summed E-state index contributed by atoms with van der Waals surface area (Å²) < 4.78 is 20.1. The summed E-state index contributed by atoms with van der Waals surface area (Å²) in [5.74, 6) is 6.71. The van der Waals surface area contributed by atoms with Gasteiger partial charge >= 0.3 is 17.1 Å². The molecule has 0 saturated carbocycles. The lowest BCUT2D eigenvalue weighted by molar-refractivity contribution is 0.334. The van der Waals surface area contributed by atoms with Crippen molar-refractivity contribution >= 4 is 33.8 Å². The van der Waals surface area contributed by atoms with E-state index in [0.717, 1.165) is 11.1 Å². The van der Waals surface area contributed by atoms with Crippen LogP contribution >= 0.6 is 0 Å². The Labute approximate surface area is 263 Å². The second-order valence-electron chi connectivity index (χ2n) is 12.5. The van der Waals surface area contributed by atoms with Crippen molar-refractivity contribution in [3.63, 3.8) is 0 Å². The maximum absolute atomic E-state index is 6.70. The Balaban J connectivity index is 1.36. The number of hydrogen-bond donors (Lipinski definition) is 0. The van der Waals surface area contributed by atoms with Crippen LogP contribution in [0.1, 0.15) is 11.1 Å². The molecule has 0 N–H and O–H groups in total. The Morgan fingerprint density at radius 3 is 1.00 bits per heavy atom. The highest BCUT2D eigenvalue weighted by atomic mass is 28.5. The molecule has 0 bridgehead atoms. The third-order valence-corrected chi connectivity index (χ3v) is 19.9. The molecule has 0 heterocycles. The van der Waals surface area contributed by atoms with E-state index in [4.69, 9.17) is 12.3 Å². The highest BCUT2D eigenvalue weighted by molar-refractivity contribution is 6.92. The van der Waals surface area contributed by atoms with Gasteiger partial charge in [-0.05, 0) is 98.9 Å². The van der Waals surface area contributed by atoms with Gasteiger partial charge in [0.25, 0.3) is 16.6 Å². The maximum Gasteiger partial charge on any atom is 0.313 e. The zero-order valence-electron chi connectivity index (χ0n) is 26.6. The highest BCUT2D eigenvalue weighted by Crippen LogP contribution is 2.25. The van der Waals surface area contributed by atoms with Gasteiger partial charge < -0.3 is 12.3 Å². The minimum absolute atomic E-state index is 0.989. The van der Waals surface area contributed by atoms with E-state index in [1.807, 2.05) is 12.1 Å². The number of rotatable bonds is 8. The summed E-state index contributed by atoms with van der Waals surface area (Å²) in [7, 11) is -9.68. The van der Waals surface area contributed by atoms with Crippen molar-refractivity contribution in [1.29, 1.82) is 0 Å². The van der Waals surface area contributed by atoms with Gasteiger partial charge in [0.05, 0.1) is 0 Å². The molecule has 4 aromatic carbocycles. The average molecular weight is 635 g/mol. The molecular weight excluding hydrogens is 593 g/mol. The molecule has 0 aliphatic heterocycles. The van der Waals surface area contributed by atoms with E-state index >= 15 is 0 Å². The predicted octanol–water partition coefficient (Wildman–Crippen LogP) is 9.37. The van der Waals surface area contributed by atoms with Crippen molar-refractivity contribution in [2.45, 2.75) is 52.4 Å². The van der Waals surface area contributed by atoms with Crippen molar-refractivity contribution in [3.05, 3.63) is 120 Å². The van der Waals surface area contributed by atoms with Crippen molar-refractivity contribution in [3.8, 4) is 45.2 Å². The topological polar surface area (TPSA) is 27.7 Å². The van der Waals surface area contributed by atoms with Crippen LogP contribution in [0.15, 0.2) is 109 Å². The smallest absolute Gasteiger partial charge is 0.313 e. The van der Waals surface area contributed by atoms with Crippen LogP contribution in [0, 0.1) is 22.9 Å². The first-order valence-electron chi connectivity index (χ1n) is 14.7. The molecule has 0 aliphatic rings. The summed E-state index contributed by atoms with van der Waals surface area (Å²) in [5.41, 5.74) is 13.7. The van der Waals surface area contributed by atoms with Crippen LogP contribution in [0.3, 0.4) is 0 Å². The van der Waals surface area contributed by atoms with Gasteiger partial charge in [0.15, 0.2) is 0 Å². The SMILES string of the molecule is C[Si](C)(C#Cc1ccc(-c2ccccc2)cc1)O[Si](C)(C)O[Si](C)(C)O[Si](C)(C)C#Cc1ccc(-c2ccccc2)cc1. The zero-order valence-corrected chi connectivity index (χ0v) is 30.6. The fraction of sp³-hybridized carbons (Fsp3) is 0.222. The van der Waals surface area contributed by atoms with E-state index in [-0.39, 0.29) is 0 Å². The van der Waals surface area contributed by atoms with Gasteiger partial charge in [-0.1, -0.05) is 108 Å². The quantitative estimate of drug-likeness (QED) is 0.143. The van der Waals surface area contributed by atoms with Crippen molar-refractivity contribution in [2.75, 3.05) is 0 Å².